The number of amides is 1. The van der Waals surface area contributed by atoms with E-state index >= 15 is 0 Å². The Morgan fingerprint density at radius 2 is 1.89 bits per heavy atom. The minimum Gasteiger partial charge on any atom is -0.493 e. The number of hydrogen-bond donors (Lipinski definition) is 3. The summed E-state index contributed by atoms with van der Waals surface area (Å²) in [5.41, 5.74) is 5.92. The number of ether oxygens (including phenoxy) is 3. The largest absolute Gasteiger partial charge is 0.493 e. The van der Waals surface area contributed by atoms with Gasteiger partial charge < -0.3 is 30.6 Å². The Hall–Kier alpha value is -2.19. The minimum absolute atomic E-state index is 0. The maximum Gasteiger partial charge on any atom is 0.340 e. The summed E-state index contributed by atoms with van der Waals surface area (Å²) >= 11 is 0. The lowest BCUT2D eigenvalue weighted by atomic mass is 9.78. The number of carbonyl (C=O) groups excluding carboxylic acids is 2. The average Bonchev–Trinajstić information content (AvgIpc) is 2.66. The Bertz CT molecular complexity index is 704. The second kappa shape index (κ2) is 8.67. The molecule has 9 heteroatoms. The Morgan fingerprint density at radius 3 is 2.48 bits per heavy atom. The van der Waals surface area contributed by atoms with Crippen molar-refractivity contribution in [2.45, 2.75) is 37.3 Å². The average molecular weight is 400 g/mol. The maximum atomic E-state index is 12.2. The van der Waals surface area contributed by atoms with Crippen molar-refractivity contribution in [3.63, 3.8) is 0 Å². The molecule has 0 atom stereocenters. The van der Waals surface area contributed by atoms with Gasteiger partial charge in [0.2, 0.25) is 5.91 Å². The van der Waals surface area contributed by atoms with Crippen molar-refractivity contribution < 1.29 is 23.8 Å². The predicted molar refractivity (Wildman–Crippen MR) is 103 cm³/mol. The number of anilines is 1. The van der Waals surface area contributed by atoms with E-state index in [2.05, 4.69) is 10.6 Å². The van der Waals surface area contributed by atoms with Crippen molar-refractivity contribution in [1.82, 2.24) is 10.6 Å². The van der Waals surface area contributed by atoms with Crippen molar-refractivity contribution >= 4 is 30.0 Å². The number of nitrogens with two attached hydrogens (primary N) is 1. The molecule has 150 valence electrons. The zero-order valence-electron chi connectivity index (χ0n) is 15.5. The molecule has 1 saturated heterocycles. The first-order chi connectivity index (χ1) is 12.5. The number of benzene rings is 1. The molecular weight excluding hydrogens is 374 g/mol. The third kappa shape index (κ3) is 4.22. The topological polar surface area (TPSA) is 112 Å². The van der Waals surface area contributed by atoms with Gasteiger partial charge in [0.25, 0.3) is 0 Å². The minimum atomic E-state index is -0.527. The number of nitrogen functional groups attached to an aromatic ring is 1. The van der Waals surface area contributed by atoms with E-state index in [1.807, 2.05) is 0 Å². The molecular formula is C18H26ClN3O5. The third-order valence-corrected chi connectivity index (χ3v) is 5.13. The van der Waals surface area contributed by atoms with Gasteiger partial charge in [-0.1, -0.05) is 0 Å². The van der Waals surface area contributed by atoms with Crippen LogP contribution in [0.25, 0.3) is 0 Å². The third-order valence-electron chi connectivity index (χ3n) is 5.13. The molecule has 0 bridgehead atoms. The lowest BCUT2D eigenvalue weighted by molar-refractivity contribution is -0.131. The van der Waals surface area contributed by atoms with Crippen molar-refractivity contribution in [1.29, 1.82) is 0 Å². The molecule has 27 heavy (non-hydrogen) atoms. The molecule has 4 N–H and O–H groups in total. The molecule has 3 rings (SSSR count). The summed E-state index contributed by atoms with van der Waals surface area (Å²) in [5.74, 6) is 0.453. The van der Waals surface area contributed by atoms with Crippen LogP contribution in [0.4, 0.5) is 5.69 Å². The number of hydrogen-bond acceptors (Lipinski definition) is 7. The van der Waals surface area contributed by atoms with Crippen LogP contribution in [-0.4, -0.2) is 50.8 Å². The Labute approximate surface area is 164 Å². The van der Waals surface area contributed by atoms with Crippen LogP contribution in [-0.2, 0) is 9.53 Å². The molecule has 2 fully saturated rings. The van der Waals surface area contributed by atoms with Crippen LogP contribution in [0, 0.1) is 0 Å². The first-order valence-electron chi connectivity index (χ1n) is 8.75. The molecule has 1 aliphatic carbocycles. The number of carbonyl (C=O) groups is 2. The normalized spacial score (nSPS) is 24.5. The fourth-order valence-electron chi connectivity index (χ4n) is 3.63. The summed E-state index contributed by atoms with van der Waals surface area (Å²) in [6.07, 6.45) is 2.78. The molecule has 1 spiro atoms. The van der Waals surface area contributed by atoms with Crippen LogP contribution in [0.1, 0.15) is 36.0 Å². The second-order valence-electron chi connectivity index (χ2n) is 6.66. The number of piperazine rings is 1. The number of halogens is 1. The van der Waals surface area contributed by atoms with Gasteiger partial charge in [0.05, 0.1) is 37.1 Å². The maximum absolute atomic E-state index is 12.2. The van der Waals surface area contributed by atoms with Gasteiger partial charge in [0.1, 0.15) is 0 Å². The van der Waals surface area contributed by atoms with Gasteiger partial charge in [0.15, 0.2) is 11.5 Å². The molecule has 1 saturated carbocycles. The van der Waals surface area contributed by atoms with E-state index in [1.54, 1.807) is 12.1 Å². The van der Waals surface area contributed by atoms with Gasteiger partial charge in [-0.05, 0) is 25.7 Å². The summed E-state index contributed by atoms with van der Waals surface area (Å²) in [6, 6.07) is 3.11. The van der Waals surface area contributed by atoms with E-state index in [0.29, 0.717) is 30.9 Å². The standard InChI is InChI=1S/C18H25N3O5.ClH/c1-24-14-10-13(19)12(16(22)25-2)9-15(14)26-11-3-5-18(6-4-11)17(23)20-7-8-21-18;/h9-11,21H,3-8,19H2,1-2H3,(H,20,23);1H. The molecule has 1 heterocycles. The van der Waals surface area contributed by atoms with Gasteiger partial charge >= 0.3 is 5.97 Å². The highest BCUT2D eigenvalue weighted by Gasteiger charge is 2.43. The van der Waals surface area contributed by atoms with Crippen LogP contribution < -0.4 is 25.8 Å². The van der Waals surface area contributed by atoms with Crippen molar-refractivity contribution in [3.8, 4) is 11.5 Å². The van der Waals surface area contributed by atoms with Gasteiger partial charge in [-0.2, -0.15) is 0 Å². The SMILES string of the molecule is COC(=O)c1cc(OC2CCC3(CC2)NCCNC3=O)c(OC)cc1N.Cl. The van der Waals surface area contributed by atoms with Crippen LogP contribution in [0.2, 0.25) is 0 Å². The van der Waals surface area contributed by atoms with E-state index < -0.39 is 11.5 Å². The fraction of sp³-hybridized carbons (Fsp3) is 0.556. The Kier molecular flexibility index (Phi) is 6.78. The summed E-state index contributed by atoms with van der Waals surface area (Å²) in [5, 5.41) is 6.29. The number of esters is 1. The van der Waals surface area contributed by atoms with Crippen molar-refractivity contribution in [2.75, 3.05) is 33.0 Å². The van der Waals surface area contributed by atoms with Gasteiger partial charge in [0, 0.05) is 25.2 Å². The highest BCUT2D eigenvalue weighted by Crippen LogP contribution is 2.37. The van der Waals surface area contributed by atoms with E-state index in [0.717, 1.165) is 19.4 Å². The zero-order valence-corrected chi connectivity index (χ0v) is 16.3. The van der Waals surface area contributed by atoms with Crippen molar-refractivity contribution in [2.24, 2.45) is 0 Å². The molecule has 0 aromatic heterocycles. The van der Waals surface area contributed by atoms with E-state index in [-0.39, 0.29) is 35.7 Å². The first kappa shape index (κ1) is 21.1. The van der Waals surface area contributed by atoms with Crippen LogP contribution >= 0.6 is 12.4 Å². The smallest absolute Gasteiger partial charge is 0.340 e. The van der Waals surface area contributed by atoms with Crippen LogP contribution in [0.5, 0.6) is 11.5 Å². The number of methoxy groups -OCH3 is 2. The zero-order chi connectivity index (χ0) is 18.7. The monoisotopic (exact) mass is 399 g/mol. The fourth-order valence-corrected chi connectivity index (χ4v) is 3.63. The molecule has 1 aromatic rings. The molecule has 8 nitrogen and oxygen atoms in total. The van der Waals surface area contributed by atoms with Gasteiger partial charge in [-0.3, -0.25) is 4.79 Å². The highest BCUT2D eigenvalue weighted by molar-refractivity contribution is 5.96. The lowest BCUT2D eigenvalue weighted by Crippen LogP contribution is -2.64. The summed E-state index contributed by atoms with van der Waals surface area (Å²) in [6.45, 7) is 1.45. The second-order valence-corrected chi connectivity index (χ2v) is 6.66. The number of rotatable bonds is 4. The Balaban J connectivity index is 0.00000261. The van der Waals surface area contributed by atoms with Gasteiger partial charge in [-0.25, -0.2) is 4.79 Å². The summed E-state index contributed by atoms with van der Waals surface area (Å²) in [7, 11) is 2.82. The van der Waals surface area contributed by atoms with E-state index in [1.165, 1.54) is 14.2 Å². The Morgan fingerprint density at radius 1 is 1.19 bits per heavy atom. The molecule has 0 radical (unpaired) electrons. The van der Waals surface area contributed by atoms with Crippen LogP contribution in [0.3, 0.4) is 0 Å². The van der Waals surface area contributed by atoms with Crippen molar-refractivity contribution in [3.05, 3.63) is 17.7 Å². The summed E-state index contributed by atoms with van der Waals surface area (Å²) in [4.78, 5) is 24.1. The van der Waals surface area contributed by atoms with Crippen LogP contribution in [0.15, 0.2) is 12.1 Å². The van der Waals surface area contributed by atoms with E-state index in [4.69, 9.17) is 19.9 Å². The predicted octanol–water partition coefficient (Wildman–Crippen LogP) is 1.27. The quantitative estimate of drug-likeness (QED) is 0.516. The molecule has 0 unspecified atom stereocenters. The highest BCUT2D eigenvalue weighted by atomic mass is 35.5. The molecule has 2 aliphatic rings. The van der Waals surface area contributed by atoms with E-state index in [9.17, 15) is 9.59 Å². The molecule has 1 aliphatic heterocycles. The lowest BCUT2D eigenvalue weighted by Gasteiger charge is -2.42. The number of nitrogens with one attached hydrogen (secondary N) is 2. The first-order valence-corrected chi connectivity index (χ1v) is 8.75. The van der Waals surface area contributed by atoms with Gasteiger partial charge in [-0.15, -0.1) is 12.4 Å². The molecule has 1 amide bonds. The summed E-state index contributed by atoms with van der Waals surface area (Å²) < 4.78 is 16.2. The molecule has 1 aromatic carbocycles.